The van der Waals surface area contributed by atoms with Crippen molar-refractivity contribution in [3.8, 4) is 11.5 Å². The molecule has 4 amide bonds. The molecule has 9 nitrogen and oxygen atoms in total. The standard InChI is InChI=1S/C39H28Br3ClFN3O6/c1-53-29-17-27(32(41)33(42)34(29)48)31-24-14-15-25-30(37(51)46(35(25)49)23-12-4-19(40)5-13-23)26(24)16-28-36(50)47(45-22-10-8-21(44)9-11-22)38(52)39(28,31)18-2-6-20(43)7-3-18/h2-14,17,25-26,28,30-31,45,48H,15-16H2,1H3/t25-,26+,28-,30-,31+,39+/m0/s1. The molecule has 2 aliphatic heterocycles. The van der Waals surface area contributed by atoms with Gasteiger partial charge in [-0.15, -0.1) is 0 Å². The number of anilines is 2. The first-order valence-electron chi connectivity index (χ1n) is 16.6. The molecule has 3 fully saturated rings. The molecule has 0 bridgehead atoms. The Balaban J connectivity index is 1.37. The minimum Gasteiger partial charge on any atom is -0.503 e. The number of phenols is 1. The molecule has 2 N–H and O–H groups in total. The Hall–Kier alpha value is -4.04. The molecule has 0 aromatic heterocycles. The maximum atomic E-state index is 15.4. The van der Waals surface area contributed by atoms with Crippen LogP contribution in [0.3, 0.4) is 0 Å². The van der Waals surface area contributed by atoms with E-state index in [2.05, 4.69) is 53.2 Å². The number of hydrogen-bond donors (Lipinski definition) is 2. The normalized spacial score (nSPS) is 26.3. The molecule has 53 heavy (non-hydrogen) atoms. The molecule has 4 aliphatic rings. The maximum absolute atomic E-state index is 15.4. The van der Waals surface area contributed by atoms with Crippen molar-refractivity contribution in [3.05, 3.63) is 126 Å². The molecular weight excluding hydrogens is 901 g/mol. The third kappa shape index (κ3) is 5.40. The lowest BCUT2D eigenvalue weighted by Crippen LogP contribution is -2.53. The number of rotatable bonds is 6. The summed E-state index contributed by atoms with van der Waals surface area (Å²) in [7, 11) is 1.41. The monoisotopic (exact) mass is 925 g/mol. The zero-order chi connectivity index (χ0) is 37.5. The summed E-state index contributed by atoms with van der Waals surface area (Å²) in [6, 6.07) is 20.6. The SMILES string of the molecule is COc1cc([C@H]2C3=CC[C@@H]4C(=O)N(c5ccc(Br)cc5)C(=O)[C@@H]4[C@@H]3C[C@H]3C(=O)N(Nc4ccc(F)cc4)C(=O)[C@@]23c2ccc(Cl)cc2)c(Br)c(Br)c1O. The van der Waals surface area contributed by atoms with Crippen molar-refractivity contribution < 1.29 is 33.4 Å². The number of nitrogens with zero attached hydrogens (tertiary/aromatic N) is 2. The van der Waals surface area contributed by atoms with E-state index in [9.17, 15) is 23.9 Å². The molecule has 14 heteroatoms. The number of carbonyl (C=O) groups excluding carboxylic acids is 4. The number of carbonyl (C=O) groups is 4. The molecule has 0 unspecified atom stereocenters. The van der Waals surface area contributed by atoms with Gasteiger partial charge in [-0.05, 0) is 128 Å². The fraction of sp³-hybridized carbons (Fsp3) is 0.231. The van der Waals surface area contributed by atoms with E-state index >= 15 is 4.79 Å². The van der Waals surface area contributed by atoms with Crippen LogP contribution < -0.4 is 15.1 Å². The van der Waals surface area contributed by atoms with Gasteiger partial charge in [-0.3, -0.25) is 29.5 Å². The summed E-state index contributed by atoms with van der Waals surface area (Å²) in [5, 5.41) is 12.4. The van der Waals surface area contributed by atoms with E-state index in [-0.39, 0.29) is 40.6 Å². The molecular formula is C39H28Br3ClFN3O6. The van der Waals surface area contributed by atoms with E-state index in [1.807, 2.05) is 6.08 Å². The predicted octanol–water partition coefficient (Wildman–Crippen LogP) is 8.67. The van der Waals surface area contributed by atoms with Gasteiger partial charge < -0.3 is 9.84 Å². The summed E-state index contributed by atoms with van der Waals surface area (Å²) in [6.07, 6.45) is 2.23. The minimum atomic E-state index is -1.62. The summed E-state index contributed by atoms with van der Waals surface area (Å²) in [4.78, 5) is 60.1. The minimum absolute atomic E-state index is 0.0690. The largest absolute Gasteiger partial charge is 0.503 e. The van der Waals surface area contributed by atoms with Crippen LogP contribution in [0.2, 0.25) is 5.02 Å². The highest BCUT2D eigenvalue weighted by atomic mass is 79.9. The molecule has 6 atom stereocenters. The van der Waals surface area contributed by atoms with Crippen LogP contribution in [0, 0.1) is 29.5 Å². The predicted molar refractivity (Wildman–Crippen MR) is 206 cm³/mol. The second-order valence-electron chi connectivity index (χ2n) is 13.5. The number of ether oxygens (including phenoxy) is 1. The third-order valence-electron chi connectivity index (χ3n) is 11.0. The number of phenolic OH excluding ortho intramolecular Hbond substituents is 1. The molecule has 0 spiro atoms. The Labute approximate surface area is 333 Å². The van der Waals surface area contributed by atoms with Crippen LogP contribution in [0.15, 0.2) is 104 Å². The highest BCUT2D eigenvalue weighted by molar-refractivity contribution is 9.13. The lowest BCUT2D eigenvalue weighted by Gasteiger charge is -2.51. The Morgan fingerprint density at radius 2 is 1.57 bits per heavy atom. The second-order valence-corrected chi connectivity index (χ2v) is 16.4. The van der Waals surface area contributed by atoms with Gasteiger partial charge in [0, 0.05) is 19.9 Å². The van der Waals surface area contributed by atoms with Gasteiger partial charge in [-0.25, -0.2) is 4.39 Å². The van der Waals surface area contributed by atoms with Gasteiger partial charge in [-0.1, -0.05) is 51.3 Å². The molecule has 4 aromatic rings. The van der Waals surface area contributed by atoms with E-state index in [1.54, 1.807) is 54.6 Å². The van der Waals surface area contributed by atoms with E-state index in [4.69, 9.17) is 16.3 Å². The number of imide groups is 2. The van der Waals surface area contributed by atoms with E-state index < -0.39 is 52.6 Å². The number of hydrogen-bond acceptors (Lipinski definition) is 7. The molecule has 4 aromatic carbocycles. The first-order chi connectivity index (χ1) is 25.4. The zero-order valence-electron chi connectivity index (χ0n) is 27.7. The molecule has 270 valence electrons. The number of aromatic hydroxyl groups is 1. The Bertz CT molecular complexity index is 2250. The van der Waals surface area contributed by atoms with Crippen molar-refractivity contribution in [2.75, 3.05) is 17.4 Å². The van der Waals surface area contributed by atoms with Crippen molar-refractivity contribution in [2.24, 2.45) is 23.7 Å². The zero-order valence-corrected chi connectivity index (χ0v) is 33.2. The fourth-order valence-electron chi connectivity index (χ4n) is 8.82. The number of benzene rings is 4. The summed E-state index contributed by atoms with van der Waals surface area (Å²) in [5.41, 5.74) is 3.79. The number of methoxy groups -OCH3 is 1. The molecule has 2 aliphatic carbocycles. The van der Waals surface area contributed by atoms with Crippen LogP contribution in [-0.4, -0.2) is 40.9 Å². The molecule has 8 rings (SSSR count). The van der Waals surface area contributed by atoms with E-state index in [1.165, 1.54) is 36.3 Å². The van der Waals surface area contributed by atoms with Crippen molar-refractivity contribution in [2.45, 2.75) is 24.2 Å². The number of allylic oxidation sites excluding steroid dienone is 2. The van der Waals surface area contributed by atoms with Crippen molar-refractivity contribution >= 4 is 94.4 Å². The average Bonchev–Trinajstić information content (AvgIpc) is 3.53. The van der Waals surface area contributed by atoms with Gasteiger partial charge in [-0.2, -0.15) is 5.01 Å². The summed E-state index contributed by atoms with van der Waals surface area (Å²) in [5.74, 6) is -6.50. The molecule has 1 saturated carbocycles. The van der Waals surface area contributed by atoms with Crippen LogP contribution in [0.25, 0.3) is 0 Å². The van der Waals surface area contributed by atoms with Gasteiger partial charge in [0.2, 0.25) is 11.8 Å². The van der Waals surface area contributed by atoms with E-state index in [0.29, 0.717) is 37.6 Å². The van der Waals surface area contributed by atoms with Crippen molar-refractivity contribution in [1.29, 1.82) is 0 Å². The van der Waals surface area contributed by atoms with Gasteiger partial charge in [0.05, 0.1) is 46.1 Å². The highest BCUT2D eigenvalue weighted by Crippen LogP contribution is 2.65. The number of nitrogens with one attached hydrogen (secondary N) is 1. The molecule has 0 radical (unpaired) electrons. The first-order valence-corrected chi connectivity index (χ1v) is 19.4. The third-order valence-corrected chi connectivity index (χ3v) is 14.0. The van der Waals surface area contributed by atoms with E-state index in [0.717, 1.165) is 9.48 Å². The summed E-state index contributed by atoms with van der Waals surface area (Å²) < 4.78 is 21.0. The smallest absolute Gasteiger partial charge is 0.260 e. The Morgan fingerprint density at radius 1 is 0.887 bits per heavy atom. The van der Waals surface area contributed by atoms with Crippen LogP contribution in [0.1, 0.15) is 29.9 Å². The Kier molecular flexibility index (Phi) is 9.07. The molecule has 2 heterocycles. The van der Waals surface area contributed by atoms with Crippen molar-refractivity contribution in [1.82, 2.24) is 5.01 Å². The van der Waals surface area contributed by atoms with Crippen LogP contribution in [-0.2, 0) is 24.6 Å². The maximum Gasteiger partial charge on any atom is 0.260 e. The topological polar surface area (TPSA) is 116 Å². The molecule has 2 saturated heterocycles. The lowest BCUT2D eigenvalue weighted by atomic mass is 9.49. The van der Waals surface area contributed by atoms with Gasteiger partial charge in [0.25, 0.3) is 11.8 Å². The van der Waals surface area contributed by atoms with Gasteiger partial charge in [0.15, 0.2) is 11.5 Å². The summed E-state index contributed by atoms with van der Waals surface area (Å²) >= 11 is 17.0. The Morgan fingerprint density at radius 3 is 2.23 bits per heavy atom. The fourth-order valence-corrected chi connectivity index (χ4v) is 10.2. The number of hydrazine groups is 1. The average molecular weight is 929 g/mol. The van der Waals surface area contributed by atoms with Crippen LogP contribution in [0.4, 0.5) is 15.8 Å². The quantitative estimate of drug-likeness (QED) is 0.147. The van der Waals surface area contributed by atoms with Crippen LogP contribution >= 0.6 is 59.4 Å². The van der Waals surface area contributed by atoms with Gasteiger partial charge in [0.1, 0.15) is 5.82 Å². The first kappa shape index (κ1) is 36.0. The summed E-state index contributed by atoms with van der Waals surface area (Å²) in [6.45, 7) is 0. The van der Waals surface area contributed by atoms with Crippen LogP contribution in [0.5, 0.6) is 11.5 Å². The highest BCUT2D eigenvalue weighted by Gasteiger charge is 2.70. The number of amides is 4. The van der Waals surface area contributed by atoms with Gasteiger partial charge >= 0.3 is 0 Å². The van der Waals surface area contributed by atoms with Crippen molar-refractivity contribution in [3.63, 3.8) is 0 Å². The number of halogens is 5. The second kappa shape index (κ2) is 13.4. The number of fused-ring (bicyclic) bond motifs is 4. The lowest BCUT2D eigenvalue weighted by molar-refractivity contribution is -0.138.